The molecule has 1 heterocycles. The van der Waals surface area contributed by atoms with Crippen LogP contribution in [0.25, 0.3) is 0 Å². The Morgan fingerprint density at radius 3 is 2.08 bits per heavy atom. The summed E-state index contributed by atoms with van der Waals surface area (Å²) in [6.45, 7) is 3.92. The monoisotopic (exact) mass is 400 g/mol. The zero-order valence-electron chi connectivity index (χ0n) is 13.9. The standard InChI is InChI=1S/C17H23F3N2O.2ClH/c18-17(19,20)23-15-7-5-14(6-8-15)16(13-3-1-2-4-13)22-11-9-21-10-12-22;;/h5-8,13,16,21H,1-4,9-12H2;2*1H/t16-;;/m1../s1. The number of nitrogens with one attached hydrogen (secondary N) is 1. The first-order valence-corrected chi connectivity index (χ1v) is 8.33. The highest BCUT2D eigenvalue weighted by atomic mass is 35.5. The summed E-state index contributed by atoms with van der Waals surface area (Å²) in [6, 6.07) is 6.78. The maximum absolute atomic E-state index is 12.3. The van der Waals surface area contributed by atoms with Crippen molar-refractivity contribution in [1.82, 2.24) is 10.2 Å². The van der Waals surface area contributed by atoms with Gasteiger partial charge >= 0.3 is 6.36 Å². The Morgan fingerprint density at radius 1 is 1.00 bits per heavy atom. The van der Waals surface area contributed by atoms with E-state index in [1.807, 2.05) is 0 Å². The van der Waals surface area contributed by atoms with Crippen molar-refractivity contribution in [3.63, 3.8) is 0 Å². The van der Waals surface area contributed by atoms with E-state index in [1.165, 1.54) is 37.8 Å². The van der Waals surface area contributed by atoms with Gasteiger partial charge in [-0.3, -0.25) is 4.90 Å². The summed E-state index contributed by atoms with van der Waals surface area (Å²) in [4.78, 5) is 2.48. The predicted molar refractivity (Wildman–Crippen MR) is 96.8 cm³/mol. The Kier molecular flexibility index (Phi) is 8.81. The molecule has 1 saturated carbocycles. The van der Waals surface area contributed by atoms with E-state index in [9.17, 15) is 13.2 Å². The van der Waals surface area contributed by atoms with Gasteiger partial charge < -0.3 is 10.1 Å². The van der Waals surface area contributed by atoms with Gasteiger partial charge in [-0.15, -0.1) is 38.0 Å². The topological polar surface area (TPSA) is 24.5 Å². The van der Waals surface area contributed by atoms with Gasteiger partial charge in [0, 0.05) is 32.2 Å². The fourth-order valence-corrected chi connectivity index (χ4v) is 3.88. The van der Waals surface area contributed by atoms with E-state index in [0.717, 1.165) is 31.7 Å². The third-order valence-corrected chi connectivity index (χ3v) is 4.85. The largest absolute Gasteiger partial charge is 0.573 e. The second-order valence-electron chi connectivity index (χ2n) is 6.39. The Bertz CT molecular complexity index is 502. The van der Waals surface area contributed by atoms with Gasteiger partial charge in [-0.05, 0) is 36.5 Å². The van der Waals surface area contributed by atoms with Crippen LogP contribution in [-0.4, -0.2) is 37.4 Å². The summed E-state index contributed by atoms with van der Waals surface area (Å²) in [5.74, 6) is 0.453. The van der Waals surface area contributed by atoms with E-state index in [0.29, 0.717) is 12.0 Å². The molecular weight excluding hydrogens is 376 g/mol. The first kappa shape index (κ1) is 22.4. The van der Waals surface area contributed by atoms with Crippen LogP contribution in [0.15, 0.2) is 24.3 Å². The van der Waals surface area contributed by atoms with E-state index in [1.54, 1.807) is 12.1 Å². The normalized spacial score (nSPS) is 20.4. The number of rotatable bonds is 4. The molecule has 0 aromatic heterocycles. The molecule has 8 heteroatoms. The molecule has 2 fully saturated rings. The van der Waals surface area contributed by atoms with Gasteiger partial charge in [-0.1, -0.05) is 25.0 Å². The smallest absolute Gasteiger partial charge is 0.406 e. The lowest BCUT2D eigenvalue weighted by Crippen LogP contribution is -2.46. The number of halogens is 5. The summed E-state index contributed by atoms with van der Waals surface area (Å²) in [5.41, 5.74) is 1.10. The Hall–Kier alpha value is -0.690. The highest BCUT2D eigenvalue weighted by molar-refractivity contribution is 5.85. The van der Waals surface area contributed by atoms with Crippen LogP contribution in [0.5, 0.6) is 5.75 Å². The minimum Gasteiger partial charge on any atom is -0.406 e. The summed E-state index contributed by atoms with van der Waals surface area (Å²) >= 11 is 0. The van der Waals surface area contributed by atoms with Crippen molar-refractivity contribution in [3.05, 3.63) is 29.8 Å². The average Bonchev–Trinajstić information content (AvgIpc) is 3.03. The molecule has 1 aromatic carbocycles. The van der Waals surface area contributed by atoms with Crippen molar-refractivity contribution in [2.45, 2.75) is 38.1 Å². The molecule has 1 aliphatic heterocycles. The van der Waals surface area contributed by atoms with Crippen molar-refractivity contribution in [2.75, 3.05) is 26.2 Å². The van der Waals surface area contributed by atoms with Gasteiger partial charge in [0.2, 0.25) is 0 Å². The molecule has 3 rings (SSSR count). The molecule has 3 nitrogen and oxygen atoms in total. The molecule has 0 amide bonds. The molecule has 1 N–H and O–H groups in total. The Morgan fingerprint density at radius 2 is 1.56 bits per heavy atom. The minimum absolute atomic E-state index is 0. The molecular formula is C17H25Cl2F3N2O. The lowest BCUT2D eigenvalue weighted by atomic mass is 9.89. The number of hydrogen-bond donors (Lipinski definition) is 1. The third-order valence-electron chi connectivity index (χ3n) is 4.85. The van der Waals surface area contributed by atoms with Crippen LogP contribution in [0.2, 0.25) is 0 Å². The van der Waals surface area contributed by atoms with Gasteiger partial charge in [0.05, 0.1) is 0 Å². The summed E-state index contributed by atoms with van der Waals surface area (Å²) in [5, 5.41) is 3.36. The number of benzene rings is 1. The number of ether oxygens (including phenoxy) is 1. The van der Waals surface area contributed by atoms with Gasteiger partial charge in [0.1, 0.15) is 5.75 Å². The number of alkyl halides is 3. The molecule has 1 aliphatic carbocycles. The van der Waals surface area contributed by atoms with Gasteiger partial charge in [-0.2, -0.15) is 0 Å². The molecule has 2 aliphatic rings. The van der Waals surface area contributed by atoms with Gasteiger partial charge in [-0.25, -0.2) is 0 Å². The van der Waals surface area contributed by atoms with Crippen molar-refractivity contribution < 1.29 is 17.9 Å². The second-order valence-corrected chi connectivity index (χ2v) is 6.39. The van der Waals surface area contributed by atoms with Crippen molar-refractivity contribution >= 4 is 24.8 Å². The number of hydrogen-bond acceptors (Lipinski definition) is 3. The molecule has 1 aromatic rings. The van der Waals surface area contributed by atoms with E-state index in [4.69, 9.17) is 0 Å². The zero-order chi connectivity index (χ0) is 16.3. The maximum Gasteiger partial charge on any atom is 0.573 e. The first-order chi connectivity index (χ1) is 11.0. The van der Waals surface area contributed by atoms with Crippen molar-refractivity contribution in [2.24, 2.45) is 5.92 Å². The van der Waals surface area contributed by atoms with Crippen LogP contribution in [-0.2, 0) is 0 Å². The fraction of sp³-hybridized carbons (Fsp3) is 0.647. The Balaban J connectivity index is 0.00000156. The number of nitrogens with zero attached hydrogens (tertiary/aromatic N) is 1. The molecule has 0 unspecified atom stereocenters. The number of piperazine rings is 1. The van der Waals surface area contributed by atoms with E-state index in [2.05, 4.69) is 15.0 Å². The first-order valence-electron chi connectivity index (χ1n) is 8.33. The lowest BCUT2D eigenvalue weighted by Gasteiger charge is -2.38. The minimum atomic E-state index is -4.63. The molecule has 25 heavy (non-hydrogen) atoms. The predicted octanol–water partition coefficient (Wildman–Crippen LogP) is 4.57. The van der Waals surface area contributed by atoms with Crippen molar-refractivity contribution in [3.8, 4) is 5.75 Å². The van der Waals surface area contributed by atoms with Crippen LogP contribution in [0, 0.1) is 5.92 Å². The molecule has 0 radical (unpaired) electrons. The molecule has 0 bridgehead atoms. The maximum atomic E-state index is 12.3. The van der Waals surface area contributed by atoms with E-state index in [-0.39, 0.29) is 30.6 Å². The quantitative estimate of drug-likeness (QED) is 0.801. The highest BCUT2D eigenvalue weighted by Gasteiger charge is 2.33. The average molecular weight is 401 g/mol. The second kappa shape index (κ2) is 9.86. The van der Waals surface area contributed by atoms with Gasteiger partial charge in [0.15, 0.2) is 0 Å². The highest BCUT2D eigenvalue weighted by Crippen LogP contribution is 2.40. The van der Waals surface area contributed by atoms with Crippen molar-refractivity contribution in [1.29, 1.82) is 0 Å². The van der Waals surface area contributed by atoms with Crippen LogP contribution in [0.1, 0.15) is 37.3 Å². The Labute approximate surface area is 159 Å². The van der Waals surface area contributed by atoms with Crippen LogP contribution in [0.4, 0.5) is 13.2 Å². The van der Waals surface area contributed by atoms with E-state index >= 15 is 0 Å². The summed E-state index contributed by atoms with van der Waals surface area (Å²) in [7, 11) is 0. The zero-order valence-corrected chi connectivity index (χ0v) is 15.6. The molecule has 1 atom stereocenters. The van der Waals surface area contributed by atoms with Crippen LogP contribution in [0.3, 0.4) is 0 Å². The van der Waals surface area contributed by atoms with E-state index < -0.39 is 6.36 Å². The van der Waals surface area contributed by atoms with Crippen LogP contribution >= 0.6 is 24.8 Å². The fourth-order valence-electron chi connectivity index (χ4n) is 3.88. The summed E-state index contributed by atoms with van der Waals surface area (Å²) < 4.78 is 40.9. The SMILES string of the molecule is Cl.Cl.FC(F)(F)Oc1ccc([C@@H](C2CCCC2)N2CCNCC2)cc1. The van der Waals surface area contributed by atoms with Crippen LogP contribution < -0.4 is 10.1 Å². The van der Waals surface area contributed by atoms with Gasteiger partial charge in [0.25, 0.3) is 0 Å². The molecule has 144 valence electrons. The molecule has 1 saturated heterocycles. The molecule has 0 spiro atoms. The summed E-state index contributed by atoms with van der Waals surface area (Å²) in [6.07, 6.45) is 0.279. The lowest BCUT2D eigenvalue weighted by molar-refractivity contribution is -0.274. The third kappa shape index (κ3) is 6.20.